The summed E-state index contributed by atoms with van der Waals surface area (Å²) in [6.07, 6.45) is 10.6. The molecule has 0 aromatic rings. The van der Waals surface area contributed by atoms with Crippen molar-refractivity contribution in [2.45, 2.75) is 66.8 Å². The Morgan fingerprint density at radius 1 is 1.12 bits per heavy atom. The molecule has 2 rings (SSSR count). The molecular weight excluding hydrogens is 298 g/mol. The maximum atomic E-state index is 12.7. The van der Waals surface area contributed by atoms with E-state index < -0.39 is 6.04 Å². The van der Waals surface area contributed by atoms with Crippen molar-refractivity contribution >= 4 is 11.7 Å². The average molecular weight is 329 g/mol. The van der Waals surface area contributed by atoms with Gasteiger partial charge < -0.3 is 5.32 Å². The number of rotatable bonds is 3. The van der Waals surface area contributed by atoms with Crippen LogP contribution in [0.5, 0.6) is 0 Å². The predicted molar refractivity (Wildman–Crippen MR) is 98.5 cm³/mol. The molecule has 0 heterocycles. The number of carbonyl (C=O) groups is 2. The SMILES string of the molecule is CC(C)(C)C1=CC(=O)C(NC(=O)CC2C=CCC2)C(C(C)(C)C)=C1. The van der Waals surface area contributed by atoms with E-state index in [1.807, 2.05) is 0 Å². The highest BCUT2D eigenvalue weighted by molar-refractivity contribution is 6.01. The van der Waals surface area contributed by atoms with Crippen LogP contribution in [0.2, 0.25) is 0 Å². The van der Waals surface area contributed by atoms with E-state index in [1.54, 1.807) is 6.08 Å². The lowest BCUT2D eigenvalue weighted by Crippen LogP contribution is -2.46. The predicted octanol–water partition coefficient (Wildman–Crippen LogP) is 4.36. The third-order valence-electron chi connectivity index (χ3n) is 4.80. The first kappa shape index (κ1) is 18.7. The fraction of sp³-hybridized carbons (Fsp3) is 0.619. The van der Waals surface area contributed by atoms with Gasteiger partial charge in [0.1, 0.15) is 6.04 Å². The molecule has 2 aliphatic rings. The van der Waals surface area contributed by atoms with Gasteiger partial charge in [0.25, 0.3) is 0 Å². The molecule has 2 unspecified atom stereocenters. The zero-order valence-electron chi connectivity index (χ0n) is 15.9. The van der Waals surface area contributed by atoms with E-state index in [9.17, 15) is 9.59 Å². The van der Waals surface area contributed by atoms with Crippen LogP contribution >= 0.6 is 0 Å². The average Bonchev–Trinajstić information content (AvgIpc) is 2.91. The summed E-state index contributed by atoms with van der Waals surface area (Å²) in [7, 11) is 0. The van der Waals surface area contributed by atoms with Gasteiger partial charge in [-0.05, 0) is 46.8 Å². The van der Waals surface area contributed by atoms with E-state index >= 15 is 0 Å². The zero-order chi connectivity index (χ0) is 18.1. The third-order valence-corrected chi connectivity index (χ3v) is 4.80. The molecule has 1 amide bonds. The van der Waals surface area contributed by atoms with Gasteiger partial charge in [-0.25, -0.2) is 0 Å². The van der Waals surface area contributed by atoms with Gasteiger partial charge in [-0.1, -0.05) is 59.8 Å². The minimum Gasteiger partial charge on any atom is -0.342 e. The van der Waals surface area contributed by atoms with Crippen molar-refractivity contribution < 1.29 is 9.59 Å². The van der Waals surface area contributed by atoms with Crippen LogP contribution in [0.3, 0.4) is 0 Å². The summed E-state index contributed by atoms with van der Waals surface area (Å²) in [4.78, 5) is 25.2. The fourth-order valence-electron chi connectivity index (χ4n) is 3.24. The number of amides is 1. The summed E-state index contributed by atoms with van der Waals surface area (Å²) in [5, 5.41) is 2.99. The summed E-state index contributed by atoms with van der Waals surface area (Å²) >= 11 is 0. The molecule has 1 N–H and O–H groups in total. The van der Waals surface area contributed by atoms with Gasteiger partial charge in [-0.15, -0.1) is 0 Å². The van der Waals surface area contributed by atoms with Crippen molar-refractivity contribution in [3.05, 3.63) is 35.5 Å². The van der Waals surface area contributed by atoms with Gasteiger partial charge in [0.05, 0.1) is 0 Å². The first-order valence-electron chi connectivity index (χ1n) is 8.92. The Hall–Kier alpha value is -1.64. The van der Waals surface area contributed by atoms with Gasteiger partial charge in [-0.2, -0.15) is 0 Å². The number of hydrogen-bond acceptors (Lipinski definition) is 2. The fourth-order valence-corrected chi connectivity index (χ4v) is 3.24. The summed E-state index contributed by atoms with van der Waals surface area (Å²) in [6, 6.07) is -0.533. The van der Waals surface area contributed by atoms with E-state index in [4.69, 9.17) is 0 Å². The molecule has 0 radical (unpaired) electrons. The highest BCUT2D eigenvalue weighted by Gasteiger charge is 2.35. The minimum absolute atomic E-state index is 0.0114. The van der Waals surface area contributed by atoms with Crippen LogP contribution in [0, 0.1) is 16.7 Å². The van der Waals surface area contributed by atoms with Crippen LogP contribution in [0.15, 0.2) is 35.5 Å². The van der Waals surface area contributed by atoms with Gasteiger partial charge in [0.15, 0.2) is 5.78 Å². The second-order valence-electron chi connectivity index (χ2n) is 9.07. The molecule has 0 saturated heterocycles. The van der Waals surface area contributed by atoms with Crippen molar-refractivity contribution in [1.29, 1.82) is 0 Å². The second-order valence-corrected chi connectivity index (χ2v) is 9.07. The lowest BCUT2D eigenvalue weighted by Gasteiger charge is -2.35. The number of allylic oxidation sites excluding steroid dienone is 4. The lowest BCUT2D eigenvalue weighted by atomic mass is 9.73. The largest absolute Gasteiger partial charge is 0.342 e. The maximum Gasteiger partial charge on any atom is 0.221 e. The molecule has 2 atom stereocenters. The van der Waals surface area contributed by atoms with E-state index in [0.29, 0.717) is 12.3 Å². The molecule has 132 valence electrons. The van der Waals surface area contributed by atoms with E-state index in [2.05, 4.69) is 65.1 Å². The van der Waals surface area contributed by atoms with Crippen LogP contribution < -0.4 is 5.32 Å². The molecule has 0 bridgehead atoms. The van der Waals surface area contributed by atoms with Crippen LogP contribution in [0.4, 0.5) is 0 Å². The Kier molecular flexibility index (Phi) is 5.22. The Morgan fingerprint density at radius 2 is 1.79 bits per heavy atom. The normalized spacial score (nSPS) is 24.7. The Balaban J connectivity index is 2.20. The lowest BCUT2D eigenvalue weighted by molar-refractivity contribution is -0.126. The van der Waals surface area contributed by atoms with Gasteiger partial charge in [-0.3, -0.25) is 9.59 Å². The second kappa shape index (κ2) is 6.70. The zero-order valence-corrected chi connectivity index (χ0v) is 15.9. The summed E-state index contributed by atoms with van der Waals surface area (Å²) < 4.78 is 0. The first-order chi connectivity index (χ1) is 11.0. The number of hydrogen-bond donors (Lipinski definition) is 1. The van der Waals surface area contributed by atoms with Crippen LogP contribution in [-0.4, -0.2) is 17.7 Å². The third kappa shape index (κ3) is 4.46. The molecule has 0 spiro atoms. The number of ketones is 1. The highest BCUT2D eigenvalue weighted by Crippen LogP contribution is 2.37. The van der Waals surface area contributed by atoms with Crippen LogP contribution in [0.25, 0.3) is 0 Å². The van der Waals surface area contributed by atoms with Crippen molar-refractivity contribution in [3.8, 4) is 0 Å². The smallest absolute Gasteiger partial charge is 0.221 e. The highest BCUT2D eigenvalue weighted by atomic mass is 16.2. The number of nitrogens with one attached hydrogen (secondary N) is 1. The van der Waals surface area contributed by atoms with E-state index in [0.717, 1.165) is 24.0 Å². The molecule has 3 nitrogen and oxygen atoms in total. The van der Waals surface area contributed by atoms with Gasteiger partial charge >= 0.3 is 0 Å². The Bertz CT molecular complexity index is 609. The molecule has 0 aromatic heterocycles. The monoisotopic (exact) mass is 329 g/mol. The molecule has 2 aliphatic carbocycles. The molecule has 0 fully saturated rings. The minimum atomic E-state index is -0.533. The maximum absolute atomic E-state index is 12.7. The van der Waals surface area contributed by atoms with E-state index in [-0.39, 0.29) is 22.5 Å². The van der Waals surface area contributed by atoms with Crippen molar-refractivity contribution in [3.63, 3.8) is 0 Å². The standard InChI is InChI=1S/C21H31NO2/c1-20(2,3)15-12-16(21(4,5)6)19(17(23)13-15)22-18(24)11-14-9-7-8-10-14/h7,9,12-14,19H,8,10-11H2,1-6H3,(H,22,24). The summed E-state index contributed by atoms with van der Waals surface area (Å²) in [6.45, 7) is 12.6. The van der Waals surface area contributed by atoms with Crippen LogP contribution in [-0.2, 0) is 9.59 Å². The van der Waals surface area contributed by atoms with E-state index in [1.165, 1.54) is 0 Å². The van der Waals surface area contributed by atoms with Crippen molar-refractivity contribution in [2.75, 3.05) is 0 Å². The molecule has 0 saturated carbocycles. The van der Waals surface area contributed by atoms with Gasteiger partial charge in [0, 0.05) is 6.42 Å². The quantitative estimate of drug-likeness (QED) is 0.782. The van der Waals surface area contributed by atoms with Crippen molar-refractivity contribution in [1.82, 2.24) is 5.32 Å². The first-order valence-corrected chi connectivity index (χ1v) is 8.92. The van der Waals surface area contributed by atoms with Crippen molar-refractivity contribution in [2.24, 2.45) is 16.7 Å². The molecule has 0 aliphatic heterocycles. The molecule has 24 heavy (non-hydrogen) atoms. The van der Waals surface area contributed by atoms with Crippen LogP contribution in [0.1, 0.15) is 60.8 Å². The summed E-state index contributed by atoms with van der Waals surface area (Å²) in [5.41, 5.74) is 1.76. The molecule has 3 heteroatoms. The number of carbonyl (C=O) groups excluding carboxylic acids is 2. The molecular formula is C21H31NO2. The Labute approximate surface area is 146 Å². The molecule has 0 aromatic carbocycles. The Morgan fingerprint density at radius 3 is 2.29 bits per heavy atom. The topological polar surface area (TPSA) is 46.2 Å². The summed E-state index contributed by atoms with van der Waals surface area (Å²) in [5.74, 6) is 0.266. The van der Waals surface area contributed by atoms with Gasteiger partial charge in [0.2, 0.25) is 5.91 Å².